The molecular formula is C14H23N3. The molecule has 0 radical (unpaired) electrons. The molecule has 1 fully saturated rings. The maximum atomic E-state index is 4.55. The number of nitrogens with zero attached hydrogens (tertiary/aromatic N) is 2. The molecule has 0 amide bonds. The molecular weight excluding hydrogens is 210 g/mol. The van der Waals surface area contributed by atoms with Gasteiger partial charge in [0.15, 0.2) is 0 Å². The Kier molecular flexibility index (Phi) is 3.65. The molecule has 94 valence electrons. The van der Waals surface area contributed by atoms with Gasteiger partial charge in [0.1, 0.15) is 5.82 Å². The van der Waals surface area contributed by atoms with E-state index in [1.165, 1.54) is 19.3 Å². The van der Waals surface area contributed by atoms with Gasteiger partial charge in [-0.3, -0.25) is 4.98 Å². The zero-order valence-corrected chi connectivity index (χ0v) is 11.3. The van der Waals surface area contributed by atoms with Gasteiger partial charge >= 0.3 is 0 Å². The molecule has 3 nitrogen and oxygen atoms in total. The highest BCUT2D eigenvalue weighted by atomic mass is 15.0. The lowest BCUT2D eigenvalue weighted by Gasteiger charge is -2.33. The molecule has 3 atom stereocenters. The van der Waals surface area contributed by atoms with Crippen molar-refractivity contribution in [1.29, 1.82) is 0 Å². The minimum atomic E-state index is 0.558. The first-order valence-electron chi connectivity index (χ1n) is 6.63. The highest BCUT2D eigenvalue weighted by Gasteiger charge is 2.25. The Labute approximate surface area is 104 Å². The molecule has 1 heterocycles. The Hall–Kier alpha value is -1.12. The second-order valence-electron chi connectivity index (χ2n) is 5.57. The van der Waals surface area contributed by atoms with E-state index in [0.29, 0.717) is 6.04 Å². The molecule has 1 aliphatic rings. The summed E-state index contributed by atoms with van der Waals surface area (Å²) in [6.45, 7) is 8.70. The maximum Gasteiger partial charge on any atom is 0.145 e. The molecule has 0 bridgehead atoms. The molecule has 1 aromatic rings. The number of hydrogen-bond donors (Lipinski definition) is 1. The number of nitrogens with one attached hydrogen (secondary N) is 1. The van der Waals surface area contributed by atoms with Crippen molar-refractivity contribution in [2.45, 2.75) is 53.0 Å². The van der Waals surface area contributed by atoms with Crippen LogP contribution < -0.4 is 5.32 Å². The van der Waals surface area contributed by atoms with Gasteiger partial charge < -0.3 is 5.32 Å². The summed E-state index contributed by atoms with van der Waals surface area (Å²) in [6.07, 6.45) is 5.74. The largest absolute Gasteiger partial charge is 0.366 e. The van der Waals surface area contributed by atoms with Crippen LogP contribution in [0.25, 0.3) is 0 Å². The lowest BCUT2D eigenvalue weighted by atomic mass is 9.80. The van der Waals surface area contributed by atoms with Gasteiger partial charge in [-0.2, -0.15) is 0 Å². The minimum Gasteiger partial charge on any atom is -0.366 e. The van der Waals surface area contributed by atoms with Crippen molar-refractivity contribution in [3.8, 4) is 0 Å². The quantitative estimate of drug-likeness (QED) is 0.851. The summed E-state index contributed by atoms with van der Waals surface area (Å²) >= 11 is 0. The van der Waals surface area contributed by atoms with Gasteiger partial charge in [-0.1, -0.05) is 13.8 Å². The SMILES string of the molecule is Cc1ncc(NC2CCC(C)CC2C)nc1C. The first kappa shape index (κ1) is 12.3. The molecule has 3 heteroatoms. The lowest BCUT2D eigenvalue weighted by molar-refractivity contribution is 0.276. The van der Waals surface area contributed by atoms with Gasteiger partial charge in [-0.25, -0.2) is 4.98 Å². The number of aromatic nitrogens is 2. The monoisotopic (exact) mass is 233 g/mol. The van der Waals surface area contributed by atoms with Crippen LogP contribution in [0.2, 0.25) is 0 Å². The molecule has 0 spiro atoms. The molecule has 2 rings (SSSR count). The van der Waals surface area contributed by atoms with Crippen molar-refractivity contribution < 1.29 is 0 Å². The first-order valence-corrected chi connectivity index (χ1v) is 6.63. The van der Waals surface area contributed by atoms with Crippen molar-refractivity contribution in [2.75, 3.05) is 5.32 Å². The lowest BCUT2D eigenvalue weighted by Crippen LogP contribution is -2.33. The van der Waals surface area contributed by atoms with Crippen LogP contribution in [-0.2, 0) is 0 Å². The van der Waals surface area contributed by atoms with E-state index in [-0.39, 0.29) is 0 Å². The smallest absolute Gasteiger partial charge is 0.145 e. The summed E-state index contributed by atoms with van der Waals surface area (Å²) in [7, 11) is 0. The summed E-state index contributed by atoms with van der Waals surface area (Å²) in [5.74, 6) is 2.52. The highest BCUT2D eigenvalue weighted by molar-refractivity contribution is 5.34. The van der Waals surface area contributed by atoms with E-state index >= 15 is 0 Å². The Balaban J connectivity index is 2.02. The van der Waals surface area contributed by atoms with Gasteiger partial charge in [0, 0.05) is 6.04 Å². The third kappa shape index (κ3) is 2.96. The number of anilines is 1. The van der Waals surface area contributed by atoms with E-state index in [1.807, 2.05) is 20.0 Å². The minimum absolute atomic E-state index is 0.558. The van der Waals surface area contributed by atoms with Gasteiger partial charge in [-0.05, 0) is 44.9 Å². The third-order valence-corrected chi connectivity index (χ3v) is 3.96. The Morgan fingerprint density at radius 3 is 2.59 bits per heavy atom. The molecule has 0 aliphatic heterocycles. The van der Waals surface area contributed by atoms with E-state index in [9.17, 15) is 0 Å². The van der Waals surface area contributed by atoms with Crippen LogP contribution in [0.15, 0.2) is 6.20 Å². The fourth-order valence-corrected chi connectivity index (χ4v) is 2.68. The van der Waals surface area contributed by atoms with Gasteiger partial charge in [0.25, 0.3) is 0 Å². The van der Waals surface area contributed by atoms with Crippen LogP contribution in [-0.4, -0.2) is 16.0 Å². The van der Waals surface area contributed by atoms with Gasteiger partial charge in [-0.15, -0.1) is 0 Å². The zero-order valence-electron chi connectivity index (χ0n) is 11.3. The summed E-state index contributed by atoms with van der Waals surface area (Å²) < 4.78 is 0. The van der Waals surface area contributed by atoms with E-state index < -0.39 is 0 Å². The molecule has 1 aromatic heterocycles. The maximum absolute atomic E-state index is 4.55. The van der Waals surface area contributed by atoms with E-state index in [0.717, 1.165) is 29.0 Å². The van der Waals surface area contributed by atoms with Gasteiger partial charge in [0.05, 0.1) is 17.6 Å². The Morgan fingerprint density at radius 2 is 1.94 bits per heavy atom. The van der Waals surface area contributed by atoms with Crippen LogP contribution in [0.5, 0.6) is 0 Å². The second-order valence-corrected chi connectivity index (χ2v) is 5.57. The molecule has 1 N–H and O–H groups in total. The molecule has 1 saturated carbocycles. The average molecular weight is 233 g/mol. The topological polar surface area (TPSA) is 37.8 Å². The standard InChI is InChI=1S/C14H23N3/c1-9-5-6-13(10(2)7-9)17-14-8-15-11(3)12(4)16-14/h8-10,13H,5-7H2,1-4H3,(H,16,17). The van der Waals surface area contributed by atoms with Crippen molar-refractivity contribution in [3.05, 3.63) is 17.6 Å². The summed E-state index contributed by atoms with van der Waals surface area (Å²) in [4.78, 5) is 8.91. The van der Waals surface area contributed by atoms with Crippen molar-refractivity contribution >= 4 is 5.82 Å². The zero-order chi connectivity index (χ0) is 12.4. The fraction of sp³-hybridized carbons (Fsp3) is 0.714. The number of aryl methyl sites for hydroxylation is 2. The molecule has 3 unspecified atom stereocenters. The van der Waals surface area contributed by atoms with Crippen molar-refractivity contribution in [2.24, 2.45) is 11.8 Å². The fourth-order valence-electron chi connectivity index (χ4n) is 2.68. The van der Waals surface area contributed by atoms with Crippen molar-refractivity contribution in [1.82, 2.24) is 9.97 Å². The van der Waals surface area contributed by atoms with Crippen LogP contribution in [0, 0.1) is 25.7 Å². The molecule has 0 aromatic carbocycles. The predicted molar refractivity (Wildman–Crippen MR) is 71.1 cm³/mol. The van der Waals surface area contributed by atoms with E-state index in [2.05, 4.69) is 29.1 Å². The number of hydrogen-bond acceptors (Lipinski definition) is 3. The molecule has 1 aliphatic carbocycles. The van der Waals surface area contributed by atoms with E-state index in [4.69, 9.17) is 0 Å². The summed E-state index contributed by atoms with van der Waals surface area (Å²) in [5.41, 5.74) is 2.03. The Morgan fingerprint density at radius 1 is 1.18 bits per heavy atom. The van der Waals surface area contributed by atoms with Crippen LogP contribution in [0.1, 0.15) is 44.5 Å². The van der Waals surface area contributed by atoms with Crippen LogP contribution in [0.4, 0.5) is 5.82 Å². The summed E-state index contributed by atoms with van der Waals surface area (Å²) in [5, 5.41) is 3.55. The van der Waals surface area contributed by atoms with Crippen LogP contribution in [0.3, 0.4) is 0 Å². The Bertz CT molecular complexity index is 389. The van der Waals surface area contributed by atoms with Crippen LogP contribution >= 0.6 is 0 Å². The molecule has 17 heavy (non-hydrogen) atoms. The van der Waals surface area contributed by atoms with Gasteiger partial charge in [0.2, 0.25) is 0 Å². The highest BCUT2D eigenvalue weighted by Crippen LogP contribution is 2.30. The number of rotatable bonds is 2. The predicted octanol–water partition coefficient (Wildman–Crippen LogP) is 3.33. The van der Waals surface area contributed by atoms with Crippen molar-refractivity contribution in [3.63, 3.8) is 0 Å². The average Bonchev–Trinajstić information content (AvgIpc) is 2.27. The summed E-state index contributed by atoms with van der Waals surface area (Å²) in [6, 6.07) is 0.558. The first-order chi connectivity index (χ1) is 8.06. The molecule has 0 saturated heterocycles. The normalized spacial score (nSPS) is 29.1. The van der Waals surface area contributed by atoms with E-state index in [1.54, 1.807) is 0 Å². The second kappa shape index (κ2) is 5.03. The third-order valence-electron chi connectivity index (χ3n) is 3.96.